The number of nitrogens with one attached hydrogen (secondary N) is 2. The van der Waals surface area contributed by atoms with Crippen molar-refractivity contribution in [2.45, 2.75) is 49.6 Å². The molecule has 0 saturated carbocycles. The van der Waals surface area contributed by atoms with Crippen LogP contribution in [0.25, 0.3) is 0 Å². The molecule has 4 rings (SSSR count). The number of hydrogen-bond acceptors (Lipinski definition) is 2. The highest BCUT2D eigenvalue weighted by Crippen LogP contribution is 2.38. The standard InChI is InChI=1S/C20H19F3N2O2S/c21-20(22,23)14-7-9-15(10-8-14)28(27)25-19(26)24-18-16-5-1-3-12(16)11-13-4-2-6-17(13)18/h7-11H,1-6H2,(H2,24,25,26). The first-order valence-electron chi connectivity index (χ1n) is 9.16. The molecule has 2 aliphatic rings. The first-order valence-corrected chi connectivity index (χ1v) is 10.3. The van der Waals surface area contributed by atoms with E-state index in [1.165, 1.54) is 11.1 Å². The Morgan fingerprint density at radius 3 is 2.07 bits per heavy atom. The number of anilines is 1. The molecule has 0 aliphatic heterocycles. The van der Waals surface area contributed by atoms with E-state index in [0.29, 0.717) is 0 Å². The fraction of sp³-hybridized carbons (Fsp3) is 0.350. The van der Waals surface area contributed by atoms with Gasteiger partial charge < -0.3 is 9.87 Å². The van der Waals surface area contributed by atoms with E-state index in [2.05, 4.69) is 16.1 Å². The van der Waals surface area contributed by atoms with Gasteiger partial charge in [-0.15, -0.1) is 4.72 Å². The maximum absolute atomic E-state index is 12.6. The summed E-state index contributed by atoms with van der Waals surface area (Å²) in [6.07, 6.45) is 1.43. The molecule has 2 aliphatic carbocycles. The molecule has 0 bridgehead atoms. The Balaban J connectivity index is 1.48. The fourth-order valence-electron chi connectivity index (χ4n) is 4.02. The number of urea groups is 1. The van der Waals surface area contributed by atoms with E-state index >= 15 is 0 Å². The number of aryl methyl sites for hydroxylation is 2. The van der Waals surface area contributed by atoms with E-state index < -0.39 is 29.1 Å². The second kappa shape index (κ2) is 7.33. The summed E-state index contributed by atoms with van der Waals surface area (Å²) in [5.41, 5.74) is 4.82. The number of fused-ring (bicyclic) bond motifs is 2. The van der Waals surface area contributed by atoms with E-state index in [-0.39, 0.29) is 4.90 Å². The molecule has 0 radical (unpaired) electrons. The Labute approximate surface area is 163 Å². The summed E-state index contributed by atoms with van der Waals surface area (Å²) in [7, 11) is 0. The molecule has 4 nitrogen and oxygen atoms in total. The zero-order chi connectivity index (χ0) is 19.9. The molecule has 0 fully saturated rings. The number of alkyl halides is 3. The second-order valence-electron chi connectivity index (χ2n) is 7.08. The molecular formula is C20H19F3N2O2S. The zero-order valence-electron chi connectivity index (χ0n) is 15.0. The average molecular weight is 408 g/mol. The minimum Gasteiger partial charge on any atom is -0.588 e. The van der Waals surface area contributed by atoms with Gasteiger partial charge >= 0.3 is 12.2 Å². The molecule has 8 heteroatoms. The quantitative estimate of drug-likeness (QED) is 0.733. The van der Waals surface area contributed by atoms with Gasteiger partial charge in [0, 0.05) is 5.69 Å². The minimum absolute atomic E-state index is 0.103. The molecular weight excluding hydrogens is 389 g/mol. The molecule has 1 atom stereocenters. The van der Waals surface area contributed by atoms with Crippen molar-refractivity contribution in [3.05, 3.63) is 58.1 Å². The van der Waals surface area contributed by atoms with Gasteiger partial charge in [0.05, 0.1) is 5.56 Å². The molecule has 28 heavy (non-hydrogen) atoms. The molecule has 2 aromatic carbocycles. The van der Waals surface area contributed by atoms with E-state index in [1.807, 2.05) is 0 Å². The predicted molar refractivity (Wildman–Crippen MR) is 100 cm³/mol. The van der Waals surface area contributed by atoms with Crippen LogP contribution in [0.3, 0.4) is 0 Å². The van der Waals surface area contributed by atoms with Crippen LogP contribution in [0.5, 0.6) is 0 Å². The fourth-order valence-corrected chi connectivity index (χ4v) is 4.74. The van der Waals surface area contributed by atoms with Gasteiger partial charge in [-0.2, -0.15) is 13.2 Å². The summed E-state index contributed by atoms with van der Waals surface area (Å²) in [5, 5.41) is 2.86. The van der Waals surface area contributed by atoms with Gasteiger partial charge in [0.15, 0.2) is 4.90 Å². The van der Waals surface area contributed by atoms with Crippen molar-refractivity contribution in [1.82, 2.24) is 4.72 Å². The lowest BCUT2D eigenvalue weighted by atomic mass is 9.99. The minimum atomic E-state index is -4.46. The lowest BCUT2D eigenvalue weighted by Crippen LogP contribution is -2.35. The third-order valence-corrected chi connectivity index (χ3v) is 6.36. The maximum atomic E-state index is 12.6. The van der Waals surface area contributed by atoms with Gasteiger partial charge in [0.2, 0.25) is 0 Å². The summed E-state index contributed by atoms with van der Waals surface area (Å²) in [6.45, 7) is 0. The number of benzene rings is 2. The monoisotopic (exact) mass is 408 g/mol. The first-order chi connectivity index (χ1) is 13.3. The highest BCUT2D eigenvalue weighted by atomic mass is 32.2. The van der Waals surface area contributed by atoms with Crippen LogP contribution in [0.2, 0.25) is 0 Å². The Kier molecular flexibility index (Phi) is 5.01. The van der Waals surface area contributed by atoms with Crippen LogP contribution < -0.4 is 10.0 Å². The van der Waals surface area contributed by atoms with Crippen molar-refractivity contribution >= 4 is 23.1 Å². The smallest absolute Gasteiger partial charge is 0.416 e. The Morgan fingerprint density at radius 1 is 0.964 bits per heavy atom. The third-order valence-electron chi connectivity index (χ3n) is 5.29. The van der Waals surface area contributed by atoms with Gasteiger partial charge in [-0.3, -0.25) is 0 Å². The van der Waals surface area contributed by atoms with Crippen LogP contribution >= 0.6 is 0 Å². The number of amides is 2. The van der Waals surface area contributed by atoms with Crippen LogP contribution in [-0.2, 0) is 43.2 Å². The Hall–Kier alpha value is -2.19. The largest absolute Gasteiger partial charge is 0.588 e. The SMILES string of the molecule is O=C(Nc1c2c(cc3c1CCC3)CCC2)N[S+]([O-])c1ccc(C(F)(F)F)cc1. The molecule has 1 unspecified atom stereocenters. The van der Waals surface area contributed by atoms with E-state index in [4.69, 9.17) is 0 Å². The summed E-state index contributed by atoms with van der Waals surface area (Å²) in [6, 6.07) is 5.54. The molecule has 0 spiro atoms. The van der Waals surface area contributed by atoms with Crippen molar-refractivity contribution < 1.29 is 22.5 Å². The van der Waals surface area contributed by atoms with E-state index in [0.717, 1.165) is 79.6 Å². The van der Waals surface area contributed by atoms with Crippen LogP contribution in [0.1, 0.15) is 40.7 Å². The van der Waals surface area contributed by atoms with Crippen LogP contribution in [0.4, 0.5) is 23.7 Å². The van der Waals surface area contributed by atoms with Crippen molar-refractivity contribution in [1.29, 1.82) is 0 Å². The van der Waals surface area contributed by atoms with Crippen LogP contribution in [0, 0.1) is 0 Å². The lowest BCUT2D eigenvalue weighted by Gasteiger charge is -2.17. The van der Waals surface area contributed by atoms with Gasteiger partial charge in [-0.05, 0) is 85.0 Å². The molecule has 2 aromatic rings. The van der Waals surface area contributed by atoms with E-state index in [9.17, 15) is 22.5 Å². The van der Waals surface area contributed by atoms with Gasteiger partial charge in [-0.25, -0.2) is 4.79 Å². The maximum Gasteiger partial charge on any atom is 0.416 e. The Morgan fingerprint density at radius 2 is 1.54 bits per heavy atom. The molecule has 2 N–H and O–H groups in total. The van der Waals surface area contributed by atoms with Crippen molar-refractivity contribution in [3.63, 3.8) is 0 Å². The molecule has 0 saturated heterocycles. The molecule has 0 aromatic heterocycles. The number of rotatable bonds is 3. The number of carbonyl (C=O) groups is 1. The first kappa shape index (κ1) is 19.1. The average Bonchev–Trinajstić information content (AvgIpc) is 3.30. The molecule has 0 heterocycles. The predicted octanol–water partition coefficient (Wildman–Crippen LogP) is 4.53. The summed E-state index contributed by atoms with van der Waals surface area (Å²) in [5.74, 6) is 0. The Bertz CT molecular complexity index is 881. The number of halogens is 3. The summed E-state index contributed by atoms with van der Waals surface area (Å²) < 4.78 is 52.6. The normalized spacial score (nSPS) is 16.4. The zero-order valence-corrected chi connectivity index (χ0v) is 15.8. The van der Waals surface area contributed by atoms with Crippen molar-refractivity contribution in [3.8, 4) is 0 Å². The summed E-state index contributed by atoms with van der Waals surface area (Å²) >= 11 is -1.95. The second-order valence-corrected chi connectivity index (χ2v) is 8.29. The van der Waals surface area contributed by atoms with Gasteiger partial charge in [0.1, 0.15) is 11.4 Å². The number of hydrogen-bond donors (Lipinski definition) is 2. The highest BCUT2D eigenvalue weighted by Gasteiger charge is 2.31. The topological polar surface area (TPSA) is 64.2 Å². The van der Waals surface area contributed by atoms with Crippen molar-refractivity contribution in [2.75, 3.05) is 5.32 Å². The molecule has 2 amide bonds. The number of carbonyl (C=O) groups excluding carboxylic acids is 1. The van der Waals surface area contributed by atoms with Crippen LogP contribution in [-0.4, -0.2) is 10.6 Å². The molecule has 148 valence electrons. The van der Waals surface area contributed by atoms with Gasteiger partial charge in [-0.1, -0.05) is 6.07 Å². The van der Waals surface area contributed by atoms with Gasteiger partial charge in [0.25, 0.3) is 0 Å². The highest BCUT2D eigenvalue weighted by molar-refractivity contribution is 7.90. The van der Waals surface area contributed by atoms with E-state index in [1.54, 1.807) is 0 Å². The summed E-state index contributed by atoms with van der Waals surface area (Å²) in [4.78, 5) is 12.5. The van der Waals surface area contributed by atoms with Crippen LogP contribution in [0.15, 0.2) is 35.2 Å². The van der Waals surface area contributed by atoms with Crippen molar-refractivity contribution in [2.24, 2.45) is 0 Å². The third kappa shape index (κ3) is 3.71. The lowest BCUT2D eigenvalue weighted by molar-refractivity contribution is -0.137.